The summed E-state index contributed by atoms with van der Waals surface area (Å²) in [5.41, 5.74) is 7.59. The lowest BCUT2D eigenvalue weighted by Crippen LogP contribution is -2.42. The molecule has 0 saturated heterocycles. The highest BCUT2D eigenvalue weighted by atomic mass is 32.1. The van der Waals surface area contributed by atoms with Crippen molar-refractivity contribution in [3.05, 3.63) is 65.0 Å². The highest BCUT2D eigenvalue weighted by molar-refractivity contribution is 7.20. The summed E-state index contributed by atoms with van der Waals surface area (Å²) in [6.07, 6.45) is 3.83. The van der Waals surface area contributed by atoms with E-state index in [1.54, 1.807) is 0 Å². The Balaban J connectivity index is 1.36. The zero-order valence-corrected chi connectivity index (χ0v) is 17.9. The highest BCUT2D eigenvalue weighted by Gasteiger charge is 2.23. The van der Waals surface area contributed by atoms with Gasteiger partial charge in [-0.25, -0.2) is 0 Å². The number of hydrogen-bond donors (Lipinski definition) is 3. The lowest BCUT2D eigenvalue weighted by Gasteiger charge is -2.28. The Labute approximate surface area is 180 Å². The van der Waals surface area contributed by atoms with Crippen molar-refractivity contribution in [1.82, 2.24) is 5.32 Å². The Kier molecular flexibility index (Phi) is 6.16. The van der Waals surface area contributed by atoms with Crippen LogP contribution >= 0.6 is 11.3 Å². The molecule has 2 amide bonds. The van der Waals surface area contributed by atoms with Crippen LogP contribution in [0.2, 0.25) is 0 Å². The van der Waals surface area contributed by atoms with Crippen molar-refractivity contribution in [1.29, 1.82) is 0 Å². The maximum atomic E-state index is 12.6. The summed E-state index contributed by atoms with van der Waals surface area (Å²) < 4.78 is 1.10. The van der Waals surface area contributed by atoms with E-state index in [-0.39, 0.29) is 29.8 Å². The van der Waals surface area contributed by atoms with Gasteiger partial charge in [0.2, 0.25) is 5.91 Å². The van der Waals surface area contributed by atoms with E-state index in [0.717, 1.165) is 47.0 Å². The number of thiophene rings is 1. The van der Waals surface area contributed by atoms with Crippen molar-refractivity contribution in [2.75, 3.05) is 5.32 Å². The number of anilines is 1. The molecule has 0 radical (unpaired) electrons. The number of carbonyl (C=O) groups is 2. The summed E-state index contributed by atoms with van der Waals surface area (Å²) in [5, 5.41) is 7.17. The van der Waals surface area contributed by atoms with E-state index < -0.39 is 0 Å². The Morgan fingerprint density at radius 2 is 1.73 bits per heavy atom. The standard InChI is InChI=1S/C24H27N3O2S/c1-15(23(28)26-20-12-8-18(25)9-13-20)16-6-10-19(11-7-16)27-24(29)22-14-17-4-2-3-5-21(17)30-22/h2-7,10-11,14-15,18,20H,8-9,12-13,25H2,1H3,(H,26,28)(H,27,29). The largest absolute Gasteiger partial charge is 0.353 e. The number of nitrogens with one attached hydrogen (secondary N) is 2. The van der Waals surface area contributed by atoms with Crippen LogP contribution in [0.1, 0.15) is 53.8 Å². The van der Waals surface area contributed by atoms with Gasteiger partial charge >= 0.3 is 0 Å². The smallest absolute Gasteiger partial charge is 0.265 e. The molecule has 4 N–H and O–H groups in total. The summed E-state index contributed by atoms with van der Waals surface area (Å²) in [4.78, 5) is 25.9. The normalized spacial score (nSPS) is 19.9. The van der Waals surface area contributed by atoms with E-state index in [9.17, 15) is 9.59 Å². The van der Waals surface area contributed by atoms with Crippen LogP contribution in [0.3, 0.4) is 0 Å². The third-order valence-corrected chi connectivity index (χ3v) is 6.94. The molecule has 0 bridgehead atoms. The SMILES string of the molecule is CC(C(=O)NC1CCC(N)CC1)c1ccc(NC(=O)c2cc3ccccc3s2)cc1. The Hall–Kier alpha value is -2.70. The van der Waals surface area contributed by atoms with Crippen molar-refractivity contribution < 1.29 is 9.59 Å². The first kappa shape index (κ1) is 20.6. The van der Waals surface area contributed by atoms with E-state index in [0.29, 0.717) is 4.88 Å². The van der Waals surface area contributed by atoms with Gasteiger partial charge in [0.05, 0.1) is 10.8 Å². The fraction of sp³-hybridized carbons (Fsp3) is 0.333. The van der Waals surface area contributed by atoms with Crippen molar-refractivity contribution in [3.8, 4) is 0 Å². The van der Waals surface area contributed by atoms with Gasteiger partial charge in [-0.15, -0.1) is 11.3 Å². The monoisotopic (exact) mass is 421 g/mol. The summed E-state index contributed by atoms with van der Waals surface area (Å²) >= 11 is 1.48. The van der Waals surface area contributed by atoms with Crippen molar-refractivity contribution in [2.45, 2.75) is 50.6 Å². The van der Waals surface area contributed by atoms with Crippen LogP contribution in [-0.4, -0.2) is 23.9 Å². The van der Waals surface area contributed by atoms with Crippen LogP contribution in [0.15, 0.2) is 54.6 Å². The predicted octanol–water partition coefficient (Wildman–Crippen LogP) is 4.64. The quantitative estimate of drug-likeness (QED) is 0.561. The molecule has 1 unspecified atom stereocenters. The molecular formula is C24H27N3O2S. The topological polar surface area (TPSA) is 84.2 Å². The number of benzene rings is 2. The summed E-state index contributed by atoms with van der Waals surface area (Å²) in [6, 6.07) is 17.9. The minimum Gasteiger partial charge on any atom is -0.353 e. The van der Waals surface area contributed by atoms with Gasteiger partial charge in [-0.2, -0.15) is 0 Å². The predicted molar refractivity (Wildman–Crippen MR) is 123 cm³/mol. The zero-order valence-electron chi connectivity index (χ0n) is 17.1. The molecule has 4 rings (SSSR count). The summed E-state index contributed by atoms with van der Waals surface area (Å²) in [5.74, 6) is -0.323. The van der Waals surface area contributed by atoms with E-state index in [1.165, 1.54) is 11.3 Å². The van der Waals surface area contributed by atoms with E-state index in [1.807, 2.05) is 61.5 Å². The molecular weight excluding hydrogens is 394 g/mol. The van der Waals surface area contributed by atoms with Crippen LogP contribution in [0.4, 0.5) is 5.69 Å². The number of carbonyl (C=O) groups excluding carboxylic acids is 2. The lowest BCUT2D eigenvalue weighted by molar-refractivity contribution is -0.123. The molecule has 1 aromatic heterocycles. The van der Waals surface area contributed by atoms with Crippen LogP contribution in [-0.2, 0) is 4.79 Å². The molecule has 0 aliphatic heterocycles. The lowest BCUT2D eigenvalue weighted by atomic mass is 9.91. The van der Waals surface area contributed by atoms with Crippen molar-refractivity contribution >= 4 is 38.9 Å². The fourth-order valence-corrected chi connectivity index (χ4v) is 4.84. The van der Waals surface area contributed by atoms with Crippen LogP contribution < -0.4 is 16.4 Å². The van der Waals surface area contributed by atoms with Crippen molar-refractivity contribution in [2.24, 2.45) is 5.73 Å². The van der Waals surface area contributed by atoms with Gasteiger partial charge < -0.3 is 16.4 Å². The molecule has 156 valence electrons. The molecule has 1 saturated carbocycles. The Morgan fingerprint density at radius 3 is 2.43 bits per heavy atom. The van der Waals surface area contributed by atoms with E-state index >= 15 is 0 Å². The first-order valence-electron chi connectivity index (χ1n) is 10.5. The first-order valence-corrected chi connectivity index (χ1v) is 11.3. The molecule has 1 aliphatic rings. The van der Waals surface area contributed by atoms with Crippen LogP contribution in [0, 0.1) is 0 Å². The molecule has 0 spiro atoms. The van der Waals surface area contributed by atoms with Gasteiger partial charge in [0, 0.05) is 22.5 Å². The molecule has 1 heterocycles. The van der Waals surface area contributed by atoms with Gasteiger partial charge in [-0.3, -0.25) is 9.59 Å². The molecule has 1 atom stereocenters. The van der Waals surface area contributed by atoms with E-state index in [2.05, 4.69) is 10.6 Å². The van der Waals surface area contributed by atoms with Gasteiger partial charge in [0.1, 0.15) is 0 Å². The Morgan fingerprint density at radius 1 is 1.03 bits per heavy atom. The van der Waals surface area contributed by atoms with Gasteiger partial charge in [-0.05, 0) is 67.8 Å². The molecule has 2 aromatic carbocycles. The Bertz CT molecular complexity index is 1000. The minimum absolute atomic E-state index is 0.0394. The maximum Gasteiger partial charge on any atom is 0.265 e. The van der Waals surface area contributed by atoms with Gasteiger partial charge in [0.15, 0.2) is 0 Å². The molecule has 5 nitrogen and oxygen atoms in total. The third kappa shape index (κ3) is 4.71. The minimum atomic E-state index is -0.243. The number of rotatable bonds is 5. The molecule has 1 aliphatic carbocycles. The molecule has 1 fully saturated rings. The van der Waals surface area contributed by atoms with E-state index in [4.69, 9.17) is 5.73 Å². The van der Waals surface area contributed by atoms with Gasteiger partial charge in [0.25, 0.3) is 5.91 Å². The zero-order chi connectivity index (χ0) is 21.1. The molecule has 30 heavy (non-hydrogen) atoms. The molecule has 6 heteroatoms. The number of hydrogen-bond acceptors (Lipinski definition) is 4. The number of fused-ring (bicyclic) bond motifs is 1. The van der Waals surface area contributed by atoms with Crippen LogP contribution in [0.5, 0.6) is 0 Å². The highest BCUT2D eigenvalue weighted by Crippen LogP contribution is 2.26. The second-order valence-electron chi connectivity index (χ2n) is 8.07. The number of amides is 2. The third-order valence-electron chi connectivity index (χ3n) is 5.83. The summed E-state index contributed by atoms with van der Waals surface area (Å²) in [7, 11) is 0. The fourth-order valence-electron chi connectivity index (χ4n) is 3.88. The van der Waals surface area contributed by atoms with Gasteiger partial charge in [-0.1, -0.05) is 30.3 Å². The van der Waals surface area contributed by atoms with Crippen molar-refractivity contribution in [3.63, 3.8) is 0 Å². The molecule has 3 aromatic rings. The average Bonchev–Trinajstić information content (AvgIpc) is 3.20. The maximum absolute atomic E-state index is 12.6. The summed E-state index contributed by atoms with van der Waals surface area (Å²) in [6.45, 7) is 1.91. The first-order chi connectivity index (χ1) is 14.5. The average molecular weight is 422 g/mol. The van der Waals surface area contributed by atoms with Crippen LogP contribution in [0.25, 0.3) is 10.1 Å². The number of nitrogens with two attached hydrogens (primary N) is 1. The second kappa shape index (κ2) is 8.98. The second-order valence-corrected chi connectivity index (χ2v) is 9.15.